The molecule has 9 heteroatoms. The Kier molecular flexibility index (Phi) is 6.93. The van der Waals surface area contributed by atoms with Crippen LogP contribution in [0.1, 0.15) is 39.2 Å². The number of likely N-dealkylation sites (tertiary alicyclic amines) is 1. The monoisotopic (exact) mass is 400 g/mol. The van der Waals surface area contributed by atoms with Gasteiger partial charge in [-0.3, -0.25) is 14.5 Å². The molecule has 1 fully saturated rings. The first kappa shape index (κ1) is 21.9. The summed E-state index contributed by atoms with van der Waals surface area (Å²) in [6.45, 7) is 5.30. The normalized spacial score (nSPS) is 18.9. The van der Waals surface area contributed by atoms with Gasteiger partial charge in [-0.25, -0.2) is 9.59 Å². The first-order chi connectivity index (χ1) is 13.6. The lowest BCUT2D eigenvalue weighted by molar-refractivity contribution is -0.134. The predicted molar refractivity (Wildman–Crippen MR) is 104 cm³/mol. The summed E-state index contributed by atoms with van der Waals surface area (Å²) in [7, 11) is 0. The number of urea groups is 1. The molecule has 1 aliphatic rings. The van der Waals surface area contributed by atoms with Gasteiger partial charge in [0.1, 0.15) is 11.6 Å². The third-order valence-corrected chi connectivity index (χ3v) is 4.28. The topological polar surface area (TPSA) is 129 Å². The highest BCUT2D eigenvalue weighted by molar-refractivity contribution is 6.27. The minimum atomic E-state index is -0.990. The van der Waals surface area contributed by atoms with Crippen molar-refractivity contribution in [1.29, 1.82) is 5.26 Å². The number of nitrogens with zero attached hydrogens (tertiary/aromatic N) is 2. The number of amides is 3. The van der Waals surface area contributed by atoms with E-state index in [4.69, 9.17) is 10.00 Å². The molecule has 1 heterocycles. The number of anilines is 1. The number of hydrogen-bond acceptors (Lipinski definition) is 6. The number of rotatable bonds is 4. The van der Waals surface area contributed by atoms with Gasteiger partial charge in [0, 0.05) is 18.3 Å². The Morgan fingerprint density at radius 1 is 1.24 bits per heavy atom. The maximum Gasteiger partial charge on any atom is 0.410 e. The Balaban J connectivity index is 2.00. The van der Waals surface area contributed by atoms with Gasteiger partial charge in [-0.1, -0.05) is 0 Å². The van der Waals surface area contributed by atoms with Gasteiger partial charge in [-0.05, 0) is 57.9 Å². The van der Waals surface area contributed by atoms with Crippen LogP contribution in [0.15, 0.2) is 24.3 Å². The number of ketones is 1. The maximum absolute atomic E-state index is 12.4. The third kappa shape index (κ3) is 6.31. The van der Waals surface area contributed by atoms with Crippen LogP contribution in [0.25, 0.3) is 0 Å². The molecule has 0 bridgehead atoms. The molecule has 0 saturated carbocycles. The molecule has 2 N–H and O–H groups in total. The van der Waals surface area contributed by atoms with Crippen LogP contribution in [0.4, 0.5) is 15.3 Å². The van der Waals surface area contributed by atoms with Gasteiger partial charge in [0.05, 0.1) is 11.6 Å². The smallest absolute Gasteiger partial charge is 0.410 e. The van der Waals surface area contributed by atoms with Gasteiger partial charge < -0.3 is 15.4 Å². The number of benzene rings is 1. The van der Waals surface area contributed by atoms with E-state index in [1.165, 1.54) is 4.90 Å². The summed E-state index contributed by atoms with van der Waals surface area (Å²) in [5.74, 6) is -0.741. The van der Waals surface area contributed by atoms with E-state index in [1.807, 2.05) is 6.07 Å². The Bertz CT molecular complexity index is 823. The molecule has 0 radical (unpaired) electrons. The molecule has 3 amide bonds. The summed E-state index contributed by atoms with van der Waals surface area (Å²) >= 11 is 0. The molecule has 1 aromatic carbocycles. The Morgan fingerprint density at radius 2 is 1.90 bits per heavy atom. The maximum atomic E-state index is 12.4. The van der Waals surface area contributed by atoms with E-state index in [2.05, 4.69) is 10.6 Å². The van der Waals surface area contributed by atoms with Crippen LogP contribution in [-0.4, -0.2) is 53.3 Å². The highest BCUT2D eigenvalue weighted by Gasteiger charge is 2.38. The molecular weight excluding hydrogens is 376 g/mol. The zero-order chi connectivity index (χ0) is 21.6. The van der Waals surface area contributed by atoms with Gasteiger partial charge in [0.25, 0.3) is 0 Å². The van der Waals surface area contributed by atoms with Gasteiger partial charge in [-0.2, -0.15) is 5.26 Å². The predicted octanol–water partition coefficient (Wildman–Crippen LogP) is 2.22. The molecule has 0 aliphatic carbocycles. The molecule has 1 aliphatic heterocycles. The molecule has 1 aromatic rings. The molecule has 0 unspecified atom stereocenters. The second-order valence-corrected chi connectivity index (χ2v) is 7.72. The average molecular weight is 400 g/mol. The Morgan fingerprint density at radius 3 is 2.45 bits per heavy atom. The molecule has 154 valence electrons. The van der Waals surface area contributed by atoms with E-state index in [-0.39, 0.29) is 19.3 Å². The number of carbonyl (C=O) groups excluding carboxylic acids is 4. The second-order valence-electron chi connectivity index (χ2n) is 7.72. The van der Waals surface area contributed by atoms with Crippen LogP contribution >= 0.6 is 0 Å². The number of nitriles is 1. The molecule has 2 atom stereocenters. The number of ether oxygens (including phenoxy) is 1. The SMILES string of the molecule is CC(C)(C)OC(=O)N1CC[C@@H](NC(=O)Nc2ccc(C#N)cc2)C[C@@H]1C(=O)C=O. The molecular formula is C20H24N4O5. The van der Waals surface area contributed by atoms with Crippen LogP contribution in [0.2, 0.25) is 0 Å². The van der Waals surface area contributed by atoms with Crippen molar-refractivity contribution in [3.05, 3.63) is 29.8 Å². The summed E-state index contributed by atoms with van der Waals surface area (Å²) in [6.07, 6.45) is 0.0276. The van der Waals surface area contributed by atoms with Crippen LogP contribution < -0.4 is 10.6 Å². The first-order valence-electron chi connectivity index (χ1n) is 9.19. The van der Waals surface area contributed by atoms with E-state index in [9.17, 15) is 19.2 Å². The largest absolute Gasteiger partial charge is 0.444 e. The molecule has 0 aromatic heterocycles. The summed E-state index contributed by atoms with van der Waals surface area (Å²) in [4.78, 5) is 48.9. The van der Waals surface area contributed by atoms with Gasteiger partial charge in [0.2, 0.25) is 5.78 Å². The fourth-order valence-corrected chi connectivity index (χ4v) is 2.96. The van der Waals surface area contributed by atoms with Crippen molar-refractivity contribution >= 4 is 29.9 Å². The lowest BCUT2D eigenvalue weighted by Crippen LogP contribution is -2.56. The summed E-state index contributed by atoms with van der Waals surface area (Å²) in [6, 6.07) is 6.47. The van der Waals surface area contributed by atoms with Crippen molar-refractivity contribution in [1.82, 2.24) is 10.2 Å². The molecule has 0 spiro atoms. The van der Waals surface area contributed by atoms with Crippen molar-refractivity contribution in [2.24, 2.45) is 0 Å². The number of piperidine rings is 1. The van der Waals surface area contributed by atoms with E-state index < -0.39 is 35.6 Å². The van der Waals surface area contributed by atoms with Crippen LogP contribution in [0.3, 0.4) is 0 Å². The zero-order valence-corrected chi connectivity index (χ0v) is 16.6. The number of carbonyl (C=O) groups is 4. The fraction of sp³-hybridized carbons (Fsp3) is 0.450. The second kappa shape index (κ2) is 9.19. The van der Waals surface area contributed by atoms with Gasteiger partial charge in [0.15, 0.2) is 6.29 Å². The quantitative estimate of drug-likeness (QED) is 0.589. The van der Waals surface area contributed by atoms with Gasteiger partial charge in [-0.15, -0.1) is 0 Å². The summed E-state index contributed by atoms with van der Waals surface area (Å²) in [5, 5.41) is 14.2. The summed E-state index contributed by atoms with van der Waals surface area (Å²) < 4.78 is 5.31. The standard InChI is InChI=1S/C20H24N4O5/c1-20(2,3)29-19(28)24-9-8-15(10-16(24)17(26)12-25)23-18(27)22-14-6-4-13(11-21)5-7-14/h4-7,12,15-16H,8-10H2,1-3H3,(H2,22,23,27)/t15-,16-/m1/s1. The Hall–Kier alpha value is -3.41. The van der Waals surface area contributed by atoms with Crippen molar-refractivity contribution in [2.75, 3.05) is 11.9 Å². The lowest BCUT2D eigenvalue weighted by atomic mass is 9.95. The average Bonchev–Trinajstić information content (AvgIpc) is 2.66. The number of Topliss-reactive ketones (excluding diaryl/α,β-unsaturated/α-hetero) is 1. The first-order valence-corrected chi connectivity index (χ1v) is 9.19. The van der Waals surface area contributed by atoms with Crippen LogP contribution in [0.5, 0.6) is 0 Å². The number of aldehydes is 1. The highest BCUT2D eigenvalue weighted by Crippen LogP contribution is 2.21. The van der Waals surface area contributed by atoms with Crippen molar-refractivity contribution < 1.29 is 23.9 Å². The Labute approximate surface area is 169 Å². The minimum Gasteiger partial charge on any atom is -0.444 e. The molecule has 2 rings (SSSR count). The van der Waals surface area contributed by atoms with Crippen molar-refractivity contribution in [2.45, 2.75) is 51.3 Å². The van der Waals surface area contributed by atoms with Crippen molar-refractivity contribution in [3.63, 3.8) is 0 Å². The molecule has 1 saturated heterocycles. The fourth-order valence-electron chi connectivity index (χ4n) is 2.96. The summed E-state index contributed by atoms with van der Waals surface area (Å²) in [5.41, 5.74) is 0.246. The molecule has 29 heavy (non-hydrogen) atoms. The van der Waals surface area contributed by atoms with E-state index in [1.54, 1.807) is 45.0 Å². The van der Waals surface area contributed by atoms with Crippen LogP contribution in [0, 0.1) is 11.3 Å². The number of nitrogens with one attached hydrogen (secondary N) is 2. The van der Waals surface area contributed by atoms with Crippen molar-refractivity contribution in [3.8, 4) is 6.07 Å². The third-order valence-electron chi connectivity index (χ3n) is 4.28. The molecule has 9 nitrogen and oxygen atoms in total. The van der Waals surface area contributed by atoms with E-state index in [0.29, 0.717) is 17.7 Å². The highest BCUT2D eigenvalue weighted by atomic mass is 16.6. The van der Waals surface area contributed by atoms with Crippen LogP contribution in [-0.2, 0) is 14.3 Å². The zero-order valence-electron chi connectivity index (χ0n) is 16.6. The minimum absolute atomic E-state index is 0.109. The number of hydrogen-bond donors (Lipinski definition) is 2. The lowest BCUT2D eigenvalue weighted by Gasteiger charge is -2.38. The van der Waals surface area contributed by atoms with Gasteiger partial charge >= 0.3 is 12.1 Å². The van der Waals surface area contributed by atoms with E-state index in [0.717, 1.165) is 0 Å². The van der Waals surface area contributed by atoms with E-state index >= 15 is 0 Å².